The number of nitriles is 1. The molecule has 0 radical (unpaired) electrons. The molecular weight excluding hydrogens is 260 g/mol. The predicted molar refractivity (Wildman–Crippen MR) is 75.0 cm³/mol. The molecule has 0 aromatic heterocycles. The van der Waals surface area contributed by atoms with Gasteiger partial charge in [-0.3, -0.25) is 4.79 Å². The van der Waals surface area contributed by atoms with Gasteiger partial charge in [0.25, 0.3) is 5.91 Å². The number of unbranched alkanes of at least 4 members (excludes halogenated alkanes) is 3. The Morgan fingerprint density at radius 3 is 2.84 bits per heavy atom. The molecule has 0 saturated heterocycles. The summed E-state index contributed by atoms with van der Waals surface area (Å²) in [4.78, 5) is 14.0. The zero-order chi connectivity index (χ0) is 13.8. The summed E-state index contributed by atoms with van der Waals surface area (Å²) in [5.74, 6) is -0.108. The third kappa shape index (κ3) is 2.59. The van der Waals surface area contributed by atoms with Gasteiger partial charge in [0, 0.05) is 12.1 Å². The molecular formula is C15H17ClN2O. The Morgan fingerprint density at radius 2 is 2.16 bits per heavy atom. The number of hydrogen-bond acceptors (Lipinski definition) is 2. The van der Waals surface area contributed by atoms with Crippen LogP contribution in [0.2, 0.25) is 5.02 Å². The highest BCUT2D eigenvalue weighted by atomic mass is 35.5. The number of benzene rings is 1. The fourth-order valence-corrected chi connectivity index (χ4v) is 2.76. The van der Waals surface area contributed by atoms with Crippen LogP contribution in [0.1, 0.15) is 54.6 Å². The van der Waals surface area contributed by atoms with Gasteiger partial charge in [-0.05, 0) is 12.5 Å². The third-order valence-corrected chi connectivity index (χ3v) is 3.82. The summed E-state index contributed by atoms with van der Waals surface area (Å²) in [7, 11) is 0. The van der Waals surface area contributed by atoms with Crippen LogP contribution >= 0.6 is 11.6 Å². The maximum Gasteiger partial charge on any atom is 0.257 e. The number of nitrogens with zero attached hydrogens (tertiary/aromatic N) is 2. The molecule has 2 rings (SSSR count). The number of carbonyl (C=O) groups excluding carboxylic acids is 1. The van der Waals surface area contributed by atoms with Crippen molar-refractivity contribution in [2.45, 2.75) is 38.6 Å². The molecule has 0 aliphatic carbocycles. The van der Waals surface area contributed by atoms with Crippen molar-refractivity contribution in [2.75, 3.05) is 6.54 Å². The van der Waals surface area contributed by atoms with Crippen molar-refractivity contribution in [1.29, 1.82) is 5.26 Å². The third-order valence-electron chi connectivity index (χ3n) is 3.50. The second-order valence-corrected chi connectivity index (χ2v) is 5.20. The predicted octanol–water partition coefficient (Wildman–Crippen LogP) is 3.94. The average molecular weight is 277 g/mol. The van der Waals surface area contributed by atoms with Crippen molar-refractivity contribution in [1.82, 2.24) is 4.90 Å². The van der Waals surface area contributed by atoms with Crippen LogP contribution in [0.5, 0.6) is 0 Å². The monoisotopic (exact) mass is 276 g/mol. The van der Waals surface area contributed by atoms with Crippen molar-refractivity contribution in [3.8, 4) is 6.07 Å². The van der Waals surface area contributed by atoms with Crippen LogP contribution in [0.4, 0.5) is 0 Å². The van der Waals surface area contributed by atoms with Crippen LogP contribution in [0, 0.1) is 11.3 Å². The molecule has 1 aromatic rings. The van der Waals surface area contributed by atoms with Crippen LogP contribution < -0.4 is 0 Å². The lowest BCUT2D eigenvalue weighted by Gasteiger charge is -2.19. The van der Waals surface area contributed by atoms with Gasteiger partial charge in [-0.15, -0.1) is 0 Å². The number of amides is 1. The number of hydrogen-bond donors (Lipinski definition) is 0. The van der Waals surface area contributed by atoms with E-state index in [0.29, 0.717) is 17.1 Å². The van der Waals surface area contributed by atoms with Gasteiger partial charge in [-0.2, -0.15) is 5.26 Å². The first kappa shape index (κ1) is 13.9. The van der Waals surface area contributed by atoms with E-state index in [1.807, 2.05) is 6.07 Å². The smallest absolute Gasteiger partial charge is 0.257 e. The number of rotatable bonds is 5. The van der Waals surface area contributed by atoms with E-state index in [1.165, 1.54) is 0 Å². The van der Waals surface area contributed by atoms with Crippen LogP contribution in [-0.4, -0.2) is 17.4 Å². The Morgan fingerprint density at radius 1 is 1.37 bits per heavy atom. The quantitative estimate of drug-likeness (QED) is 0.765. The van der Waals surface area contributed by atoms with E-state index in [1.54, 1.807) is 17.0 Å². The molecule has 100 valence electrons. The van der Waals surface area contributed by atoms with E-state index in [9.17, 15) is 10.1 Å². The Balaban J connectivity index is 2.17. The molecule has 0 fully saturated rings. The van der Waals surface area contributed by atoms with Gasteiger partial charge in [0.15, 0.2) is 0 Å². The van der Waals surface area contributed by atoms with Gasteiger partial charge >= 0.3 is 0 Å². The zero-order valence-corrected chi connectivity index (χ0v) is 11.8. The molecule has 1 unspecified atom stereocenters. The lowest BCUT2D eigenvalue weighted by atomic mass is 10.1. The molecule has 3 nitrogen and oxygen atoms in total. The van der Waals surface area contributed by atoms with Gasteiger partial charge in [0.05, 0.1) is 16.7 Å². The van der Waals surface area contributed by atoms with Gasteiger partial charge in [0.1, 0.15) is 6.04 Å². The number of halogens is 1. The summed E-state index contributed by atoms with van der Waals surface area (Å²) >= 11 is 6.08. The maximum atomic E-state index is 12.3. The van der Waals surface area contributed by atoms with Crippen molar-refractivity contribution < 1.29 is 4.79 Å². The summed E-state index contributed by atoms with van der Waals surface area (Å²) in [6.45, 7) is 2.77. The molecule has 0 N–H and O–H groups in total. The summed E-state index contributed by atoms with van der Waals surface area (Å²) < 4.78 is 0. The van der Waals surface area contributed by atoms with Crippen molar-refractivity contribution >= 4 is 17.5 Å². The van der Waals surface area contributed by atoms with Crippen LogP contribution in [0.25, 0.3) is 0 Å². The van der Waals surface area contributed by atoms with Gasteiger partial charge < -0.3 is 4.90 Å². The van der Waals surface area contributed by atoms with E-state index in [0.717, 1.165) is 31.2 Å². The van der Waals surface area contributed by atoms with Gasteiger partial charge in [-0.25, -0.2) is 0 Å². The summed E-state index contributed by atoms with van der Waals surface area (Å²) in [5.41, 5.74) is 1.25. The van der Waals surface area contributed by atoms with Gasteiger partial charge in [0.2, 0.25) is 0 Å². The Hall–Kier alpha value is -1.53. The lowest BCUT2D eigenvalue weighted by molar-refractivity contribution is 0.0754. The van der Waals surface area contributed by atoms with Crippen molar-refractivity contribution in [3.63, 3.8) is 0 Å². The highest BCUT2D eigenvalue weighted by Gasteiger charge is 2.37. The molecule has 1 aliphatic rings. The number of carbonyl (C=O) groups is 1. The van der Waals surface area contributed by atoms with Crippen LogP contribution in [0.3, 0.4) is 0 Å². The fourth-order valence-electron chi connectivity index (χ4n) is 2.50. The molecule has 0 bridgehead atoms. The minimum atomic E-state index is -0.483. The first-order chi connectivity index (χ1) is 9.20. The van der Waals surface area contributed by atoms with Crippen molar-refractivity contribution in [2.24, 2.45) is 0 Å². The minimum Gasteiger partial charge on any atom is -0.318 e. The molecule has 1 aliphatic heterocycles. The second kappa shape index (κ2) is 6.08. The molecule has 1 heterocycles. The SMILES string of the molecule is CCCCCCN1C(=O)c2c(Cl)cccc2C1C#N. The topological polar surface area (TPSA) is 44.1 Å². The maximum absolute atomic E-state index is 12.3. The molecule has 19 heavy (non-hydrogen) atoms. The highest BCUT2D eigenvalue weighted by Crippen LogP contribution is 2.37. The summed E-state index contributed by atoms with van der Waals surface area (Å²) in [5, 5.41) is 9.75. The first-order valence-corrected chi connectivity index (χ1v) is 7.07. The number of fused-ring (bicyclic) bond motifs is 1. The largest absolute Gasteiger partial charge is 0.318 e. The molecule has 1 aromatic carbocycles. The van der Waals surface area contributed by atoms with E-state index >= 15 is 0 Å². The van der Waals surface area contributed by atoms with E-state index < -0.39 is 6.04 Å². The lowest BCUT2D eigenvalue weighted by Crippen LogP contribution is -2.28. The van der Waals surface area contributed by atoms with Gasteiger partial charge in [-0.1, -0.05) is 49.9 Å². The summed E-state index contributed by atoms with van der Waals surface area (Å²) in [6.07, 6.45) is 4.33. The van der Waals surface area contributed by atoms with Crippen molar-refractivity contribution in [3.05, 3.63) is 34.3 Å². The molecule has 1 amide bonds. The Bertz CT molecular complexity index is 521. The second-order valence-electron chi connectivity index (χ2n) is 4.79. The molecule has 4 heteroatoms. The summed E-state index contributed by atoms with van der Waals surface area (Å²) in [6, 6.07) is 7.04. The standard InChI is InChI=1S/C15H17ClN2O/c1-2-3-4-5-9-18-13(10-17)11-7-6-8-12(16)14(11)15(18)19/h6-8,13H,2-5,9H2,1H3. The Kier molecular flexibility index (Phi) is 4.44. The van der Waals surface area contributed by atoms with Crippen LogP contribution in [-0.2, 0) is 0 Å². The fraction of sp³-hybridized carbons (Fsp3) is 0.467. The normalized spacial score (nSPS) is 17.4. The van der Waals surface area contributed by atoms with Crippen LogP contribution in [0.15, 0.2) is 18.2 Å². The first-order valence-electron chi connectivity index (χ1n) is 6.69. The average Bonchev–Trinajstić information content (AvgIpc) is 2.68. The highest BCUT2D eigenvalue weighted by molar-refractivity contribution is 6.34. The molecule has 1 atom stereocenters. The van der Waals surface area contributed by atoms with E-state index in [4.69, 9.17) is 11.6 Å². The molecule has 0 saturated carbocycles. The van der Waals surface area contributed by atoms with E-state index in [2.05, 4.69) is 13.0 Å². The van der Waals surface area contributed by atoms with E-state index in [-0.39, 0.29) is 5.91 Å². The molecule has 0 spiro atoms. The Labute approximate surface area is 118 Å². The zero-order valence-electron chi connectivity index (χ0n) is 11.0. The minimum absolute atomic E-state index is 0.108.